The largest absolute Gasteiger partial charge is 0.447 e. The normalized spacial score (nSPS) is 11.7. The van der Waals surface area contributed by atoms with Gasteiger partial charge in [0.25, 0.3) is 15.9 Å². The molecule has 2 amide bonds. The van der Waals surface area contributed by atoms with Crippen LogP contribution in [0.15, 0.2) is 45.9 Å². The number of carbonyl (C=O) groups is 2. The minimum Gasteiger partial charge on any atom is -0.447 e. The summed E-state index contributed by atoms with van der Waals surface area (Å²) < 4.78 is 41.9. The molecule has 0 atom stereocenters. The Morgan fingerprint density at radius 2 is 1.70 bits per heavy atom. The third-order valence-electron chi connectivity index (χ3n) is 3.40. The van der Waals surface area contributed by atoms with Gasteiger partial charge in [-0.2, -0.15) is 0 Å². The molecule has 164 valence electrons. The zero-order valence-electron chi connectivity index (χ0n) is 17.1. The number of hydrogen-bond donors (Lipinski definition) is 3. The van der Waals surface area contributed by atoms with E-state index >= 15 is 0 Å². The fraction of sp³-hybridized carbons (Fsp3) is 0.368. The highest BCUT2D eigenvalue weighted by Crippen LogP contribution is 2.19. The topological polar surface area (TPSA) is 136 Å². The van der Waals surface area contributed by atoms with Crippen LogP contribution in [0.3, 0.4) is 0 Å². The Bertz CT molecular complexity index is 994. The Labute approximate surface area is 175 Å². The number of rotatable bonds is 8. The zero-order valence-corrected chi connectivity index (χ0v) is 18.0. The van der Waals surface area contributed by atoms with E-state index in [0.717, 1.165) is 0 Å². The molecule has 2 rings (SSSR count). The Hall–Kier alpha value is -2.89. The molecule has 2 aromatic rings. The van der Waals surface area contributed by atoms with E-state index in [1.807, 2.05) is 0 Å². The molecule has 1 aromatic carbocycles. The molecular weight excluding hydrogens is 414 g/mol. The number of sulfonamides is 1. The first kappa shape index (κ1) is 23.4. The van der Waals surface area contributed by atoms with Crippen LogP contribution in [0.25, 0.3) is 0 Å². The van der Waals surface area contributed by atoms with E-state index in [1.54, 1.807) is 39.0 Å². The van der Waals surface area contributed by atoms with Gasteiger partial charge >= 0.3 is 6.09 Å². The lowest BCUT2D eigenvalue weighted by Gasteiger charge is -2.18. The smallest absolute Gasteiger partial charge is 0.411 e. The van der Waals surface area contributed by atoms with Gasteiger partial charge in [0.1, 0.15) is 6.61 Å². The number of furan rings is 1. The summed E-state index contributed by atoms with van der Waals surface area (Å²) in [5, 5.41) is 4.73. The van der Waals surface area contributed by atoms with E-state index < -0.39 is 27.6 Å². The van der Waals surface area contributed by atoms with Crippen molar-refractivity contribution < 1.29 is 31.9 Å². The molecule has 0 aliphatic heterocycles. The summed E-state index contributed by atoms with van der Waals surface area (Å²) in [4.78, 5) is 24.1. The third-order valence-corrected chi connectivity index (χ3v) is 5.03. The number of amides is 2. The molecule has 11 heteroatoms. The second-order valence-electron chi connectivity index (χ2n) is 7.26. The predicted octanol–water partition coefficient (Wildman–Crippen LogP) is 2.80. The van der Waals surface area contributed by atoms with Crippen LogP contribution in [0, 0.1) is 0 Å². The van der Waals surface area contributed by atoms with E-state index in [-0.39, 0.29) is 24.1 Å². The number of anilines is 2. The Morgan fingerprint density at radius 1 is 1.03 bits per heavy atom. The summed E-state index contributed by atoms with van der Waals surface area (Å²) in [5.41, 5.74) is 0.0576. The highest BCUT2D eigenvalue weighted by Gasteiger charge is 2.26. The van der Waals surface area contributed by atoms with Crippen LogP contribution in [-0.4, -0.2) is 46.3 Å². The third kappa shape index (κ3) is 7.17. The summed E-state index contributed by atoms with van der Waals surface area (Å²) in [6.07, 6.45) is -0.664. The van der Waals surface area contributed by atoms with Crippen LogP contribution in [0.2, 0.25) is 0 Å². The van der Waals surface area contributed by atoms with E-state index in [9.17, 15) is 18.0 Å². The van der Waals surface area contributed by atoms with Gasteiger partial charge in [-0.25, -0.2) is 17.9 Å². The molecule has 0 radical (unpaired) electrons. The monoisotopic (exact) mass is 439 g/mol. The van der Waals surface area contributed by atoms with Crippen LogP contribution in [0.5, 0.6) is 0 Å². The number of ether oxygens (including phenoxy) is 2. The molecule has 3 N–H and O–H groups in total. The maximum atomic E-state index is 12.4. The van der Waals surface area contributed by atoms with Crippen molar-refractivity contribution >= 4 is 33.4 Å². The average Bonchev–Trinajstić information content (AvgIpc) is 3.11. The quantitative estimate of drug-likeness (QED) is 0.538. The second kappa shape index (κ2) is 9.74. The Kier molecular flexibility index (Phi) is 7.59. The molecule has 30 heavy (non-hydrogen) atoms. The standard InChI is InChI=1S/C19H25N3O7S/c1-19(2,3)22-30(25,26)16-9-8-15(29-16)17(23)20-13-6-5-7-14(12-13)21-18(24)28-11-10-27-4/h5-9,12,22H,10-11H2,1-4H3,(H,20,23)(H,21,24). The van der Waals surface area contributed by atoms with Crippen molar-refractivity contribution in [1.82, 2.24) is 4.72 Å². The van der Waals surface area contributed by atoms with Crippen molar-refractivity contribution in [1.29, 1.82) is 0 Å². The van der Waals surface area contributed by atoms with Gasteiger partial charge in [-0.1, -0.05) is 6.07 Å². The van der Waals surface area contributed by atoms with Gasteiger partial charge in [-0.15, -0.1) is 0 Å². The number of methoxy groups -OCH3 is 1. The summed E-state index contributed by atoms with van der Waals surface area (Å²) in [5.74, 6) is -0.825. The van der Waals surface area contributed by atoms with E-state index in [1.165, 1.54) is 25.3 Å². The number of nitrogens with one attached hydrogen (secondary N) is 3. The molecular formula is C19H25N3O7S. The maximum absolute atomic E-state index is 12.4. The van der Waals surface area contributed by atoms with Gasteiger partial charge in [0.15, 0.2) is 5.76 Å². The Balaban J connectivity index is 2.03. The van der Waals surface area contributed by atoms with Gasteiger partial charge < -0.3 is 19.2 Å². The first-order valence-electron chi connectivity index (χ1n) is 8.98. The van der Waals surface area contributed by atoms with Crippen LogP contribution in [-0.2, 0) is 19.5 Å². The highest BCUT2D eigenvalue weighted by molar-refractivity contribution is 7.89. The molecule has 0 aliphatic carbocycles. The van der Waals surface area contributed by atoms with Crippen molar-refractivity contribution in [2.24, 2.45) is 0 Å². The lowest BCUT2D eigenvalue weighted by Crippen LogP contribution is -2.40. The van der Waals surface area contributed by atoms with Crippen molar-refractivity contribution in [2.75, 3.05) is 31.0 Å². The number of carbonyl (C=O) groups excluding carboxylic acids is 2. The van der Waals surface area contributed by atoms with Crippen LogP contribution in [0.1, 0.15) is 31.3 Å². The van der Waals surface area contributed by atoms with Crippen molar-refractivity contribution in [3.63, 3.8) is 0 Å². The predicted molar refractivity (Wildman–Crippen MR) is 110 cm³/mol. The molecule has 10 nitrogen and oxygen atoms in total. The lowest BCUT2D eigenvalue weighted by molar-refractivity contribution is 0.0991. The first-order valence-corrected chi connectivity index (χ1v) is 10.5. The first-order chi connectivity index (χ1) is 14.0. The SMILES string of the molecule is COCCOC(=O)Nc1cccc(NC(=O)c2ccc(S(=O)(=O)NC(C)(C)C)o2)c1. The zero-order chi connectivity index (χ0) is 22.4. The van der Waals surface area contributed by atoms with Crippen molar-refractivity contribution in [3.05, 3.63) is 42.2 Å². The summed E-state index contributed by atoms with van der Waals surface area (Å²) in [6.45, 7) is 5.45. The molecule has 0 aliphatic rings. The van der Waals surface area contributed by atoms with E-state index in [4.69, 9.17) is 13.9 Å². The highest BCUT2D eigenvalue weighted by atomic mass is 32.2. The average molecular weight is 439 g/mol. The minimum atomic E-state index is -3.90. The maximum Gasteiger partial charge on any atom is 0.411 e. The molecule has 1 heterocycles. The minimum absolute atomic E-state index is 0.104. The molecule has 0 saturated carbocycles. The van der Waals surface area contributed by atoms with E-state index in [0.29, 0.717) is 11.4 Å². The Morgan fingerprint density at radius 3 is 2.33 bits per heavy atom. The van der Waals surface area contributed by atoms with E-state index in [2.05, 4.69) is 15.4 Å². The fourth-order valence-electron chi connectivity index (χ4n) is 2.28. The number of benzene rings is 1. The van der Waals surface area contributed by atoms with Crippen LogP contribution in [0.4, 0.5) is 16.2 Å². The van der Waals surface area contributed by atoms with Crippen LogP contribution >= 0.6 is 0 Å². The van der Waals surface area contributed by atoms with Crippen molar-refractivity contribution in [3.8, 4) is 0 Å². The van der Waals surface area contributed by atoms with Gasteiger partial charge in [0, 0.05) is 24.0 Å². The molecule has 0 unspecified atom stereocenters. The van der Waals surface area contributed by atoms with Crippen LogP contribution < -0.4 is 15.4 Å². The molecule has 0 fully saturated rings. The van der Waals surface area contributed by atoms with Gasteiger partial charge in [0.05, 0.1) is 6.61 Å². The fourth-order valence-corrected chi connectivity index (χ4v) is 3.63. The summed E-state index contributed by atoms with van der Waals surface area (Å²) >= 11 is 0. The molecule has 0 bridgehead atoms. The van der Waals surface area contributed by atoms with Gasteiger partial charge in [0.2, 0.25) is 5.09 Å². The molecule has 0 spiro atoms. The second-order valence-corrected chi connectivity index (χ2v) is 8.88. The van der Waals surface area contributed by atoms with Gasteiger partial charge in [-0.3, -0.25) is 10.1 Å². The molecule has 1 aromatic heterocycles. The lowest BCUT2D eigenvalue weighted by atomic mass is 10.1. The number of hydrogen-bond acceptors (Lipinski definition) is 7. The summed E-state index contributed by atoms with van der Waals surface area (Å²) in [7, 11) is -2.41. The summed E-state index contributed by atoms with van der Waals surface area (Å²) in [6, 6.07) is 8.81. The van der Waals surface area contributed by atoms with Crippen molar-refractivity contribution in [2.45, 2.75) is 31.4 Å². The molecule has 0 saturated heterocycles. The van der Waals surface area contributed by atoms with Gasteiger partial charge in [-0.05, 0) is 51.1 Å².